The molecule has 4 nitrogen and oxygen atoms in total. The molecule has 1 aromatic rings. The molecule has 0 aromatic heterocycles. The van der Waals surface area contributed by atoms with Crippen molar-refractivity contribution in [1.29, 1.82) is 0 Å². The van der Waals surface area contributed by atoms with E-state index in [0.717, 1.165) is 5.69 Å². The van der Waals surface area contributed by atoms with E-state index in [4.69, 9.17) is 5.73 Å². The van der Waals surface area contributed by atoms with Crippen molar-refractivity contribution in [1.82, 2.24) is 0 Å². The van der Waals surface area contributed by atoms with Gasteiger partial charge in [-0.05, 0) is 39.4 Å². The van der Waals surface area contributed by atoms with E-state index in [1.807, 2.05) is 26.0 Å². The summed E-state index contributed by atoms with van der Waals surface area (Å²) in [4.78, 5) is 25.5. The highest BCUT2D eigenvalue weighted by Gasteiger charge is 2.46. The number of carbonyl (C=O) groups is 2. The zero-order chi connectivity index (χ0) is 14.2. The van der Waals surface area contributed by atoms with E-state index in [1.165, 1.54) is 6.92 Å². The summed E-state index contributed by atoms with van der Waals surface area (Å²) < 4.78 is 0. The van der Waals surface area contributed by atoms with Gasteiger partial charge in [-0.15, -0.1) is 0 Å². The van der Waals surface area contributed by atoms with Gasteiger partial charge in [-0.25, -0.2) is 0 Å². The third-order valence-corrected chi connectivity index (χ3v) is 4.04. The molecule has 1 aliphatic rings. The number of benzene rings is 1. The van der Waals surface area contributed by atoms with Gasteiger partial charge in [-0.2, -0.15) is 0 Å². The number of carbonyl (C=O) groups excluding carboxylic acids is 2. The molecule has 0 bridgehead atoms. The van der Waals surface area contributed by atoms with Crippen molar-refractivity contribution >= 4 is 17.4 Å². The smallest absolute Gasteiger partial charge is 0.227 e. The Kier molecular flexibility index (Phi) is 3.45. The second-order valence-corrected chi connectivity index (χ2v) is 5.63. The Morgan fingerprint density at radius 1 is 1.47 bits per heavy atom. The molecule has 0 aliphatic carbocycles. The Labute approximate surface area is 113 Å². The summed E-state index contributed by atoms with van der Waals surface area (Å²) in [5.74, 6) is 0.212. The van der Waals surface area contributed by atoms with Gasteiger partial charge in [0, 0.05) is 29.1 Å². The van der Waals surface area contributed by atoms with Crippen molar-refractivity contribution in [3.8, 4) is 0 Å². The van der Waals surface area contributed by atoms with Crippen LogP contribution in [0.1, 0.15) is 37.6 Å². The van der Waals surface area contributed by atoms with Gasteiger partial charge in [-0.3, -0.25) is 9.59 Å². The maximum absolute atomic E-state index is 12.2. The number of nitrogens with zero attached hydrogens (tertiary/aromatic N) is 1. The van der Waals surface area contributed by atoms with Gasteiger partial charge >= 0.3 is 0 Å². The predicted molar refractivity (Wildman–Crippen MR) is 75.2 cm³/mol. The van der Waals surface area contributed by atoms with E-state index in [9.17, 15) is 9.59 Å². The van der Waals surface area contributed by atoms with Crippen LogP contribution in [-0.4, -0.2) is 23.8 Å². The van der Waals surface area contributed by atoms with Crippen molar-refractivity contribution in [2.75, 3.05) is 11.4 Å². The van der Waals surface area contributed by atoms with Gasteiger partial charge in [0.15, 0.2) is 5.78 Å². The molecule has 1 atom stereocenters. The van der Waals surface area contributed by atoms with E-state index < -0.39 is 0 Å². The zero-order valence-electron chi connectivity index (χ0n) is 11.6. The van der Waals surface area contributed by atoms with E-state index in [1.54, 1.807) is 17.0 Å². The molecule has 1 heterocycles. The molecule has 2 rings (SSSR count). The topological polar surface area (TPSA) is 63.4 Å². The molecule has 1 aliphatic heterocycles. The van der Waals surface area contributed by atoms with Crippen LogP contribution in [0.4, 0.5) is 5.69 Å². The summed E-state index contributed by atoms with van der Waals surface area (Å²) in [5, 5.41) is 0. The van der Waals surface area contributed by atoms with Crippen molar-refractivity contribution < 1.29 is 9.59 Å². The van der Waals surface area contributed by atoms with E-state index in [0.29, 0.717) is 18.5 Å². The summed E-state index contributed by atoms with van der Waals surface area (Å²) in [6.45, 7) is 6.06. The molecule has 1 aromatic carbocycles. The quantitative estimate of drug-likeness (QED) is 0.845. The lowest BCUT2D eigenvalue weighted by Crippen LogP contribution is -2.46. The Bertz CT molecular complexity index is 523. The molecule has 4 heteroatoms. The summed E-state index contributed by atoms with van der Waals surface area (Å²) in [7, 11) is 0. The fourth-order valence-electron chi connectivity index (χ4n) is 2.77. The van der Waals surface area contributed by atoms with Crippen LogP contribution in [0.15, 0.2) is 24.3 Å². The summed E-state index contributed by atoms with van der Waals surface area (Å²) in [5.41, 5.74) is 6.84. The molecule has 0 saturated carbocycles. The Morgan fingerprint density at radius 2 is 2.16 bits per heavy atom. The third kappa shape index (κ3) is 2.28. The lowest BCUT2D eigenvalue weighted by atomic mass is 9.88. The summed E-state index contributed by atoms with van der Waals surface area (Å²) in [6, 6.07) is 7.22. The number of hydrogen-bond acceptors (Lipinski definition) is 3. The van der Waals surface area contributed by atoms with Gasteiger partial charge in [-0.1, -0.05) is 12.1 Å². The zero-order valence-corrected chi connectivity index (χ0v) is 11.6. The van der Waals surface area contributed by atoms with Gasteiger partial charge in [0.25, 0.3) is 0 Å². The van der Waals surface area contributed by atoms with Gasteiger partial charge < -0.3 is 10.6 Å². The fraction of sp³-hybridized carbons (Fsp3) is 0.467. The summed E-state index contributed by atoms with van der Waals surface area (Å²) >= 11 is 0. The minimum absolute atomic E-state index is 0.00155. The van der Waals surface area contributed by atoms with Crippen molar-refractivity contribution in [3.63, 3.8) is 0 Å². The SMILES string of the molecule is CC(=O)c1cccc(N2C(=O)CC(CN)C2(C)C)c1. The number of anilines is 1. The van der Waals surface area contributed by atoms with Crippen LogP contribution in [0.2, 0.25) is 0 Å². The van der Waals surface area contributed by atoms with Crippen LogP contribution in [0.25, 0.3) is 0 Å². The Hall–Kier alpha value is -1.68. The minimum atomic E-state index is -0.318. The lowest BCUT2D eigenvalue weighted by Gasteiger charge is -2.35. The first-order valence-corrected chi connectivity index (χ1v) is 6.52. The molecule has 1 unspecified atom stereocenters. The van der Waals surface area contributed by atoms with Crippen molar-refractivity contribution in [3.05, 3.63) is 29.8 Å². The van der Waals surface area contributed by atoms with Crippen LogP contribution in [0.5, 0.6) is 0 Å². The van der Waals surface area contributed by atoms with Crippen molar-refractivity contribution in [2.45, 2.75) is 32.7 Å². The first kappa shape index (κ1) is 13.7. The van der Waals surface area contributed by atoms with Crippen LogP contribution < -0.4 is 10.6 Å². The average molecular weight is 260 g/mol. The second kappa shape index (κ2) is 4.78. The second-order valence-electron chi connectivity index (χ2n) is 5.63. The maximum Gasteiger partial charge on any atom is 0.227 e. The van der Waals surface area contributed by atoms with Crippen LogP contribution >= 0.6 is 0 Å². The third-order valence-electron chi connectivity index (χ3n) is 4.04. The normalized spacial score (nSPS) is 21.8. The molecular formula is C15H20N2O2. The average Bonchev–Trinajstić information content (AvgIpc) is 2.58. The van der Waals surface area contributed by atoms with Crippen LogP contribution in [0.3, 0.4) is 0 Å². The Morgan fingerprint density at radius 3 is 2.68 bits per heavy atom. The molecule has 19 heavy (non-hydrogen) atoms. The number of hydrogen-bond donors (Lipinski definition) is 1. The number of Topliss-reactive ketones (excluding diaryl/α,β-unsaturated/α-hetero) is 1. The number of rotatable bonds is 3. The summed E-state index contributed by atoms with van der Waals surface area (Å²) in [6.07, 6.45) is 0.466. The van der Waals surface area contributed by atoms with E-state index in [2.05, 4.69) is 0 Å². The molecule has 1 saturated heterocycles. The largest absolute Gasteiger partial charge is 0.330 e. The Balaban J connectivity index is 2.43. The standard InChI is InChI=1S/C15H20N2O2/c1-10(18)11-5-4-6-13(7-11)17-14(19)8-12(9-16)15(17,2)3/h4-7,12H,8-9,16H2,1-3H3. The van der Waals surface area contributed by atoms with Crippen molar-refractivity contribution in [2.24, 2.45) is 11.7 Å². The first-order chi connectivity index (χ1) is 8.87. The van der Waals surface area contributed by atoms with E-state index >= 15 is 0 Å². The minimum Gasteiger partial charge on any atom is -0.330 e. The first-order valence-electron chi connectivity index (χ1n) is 6.52. The molecule has 102 valence electrons. The molecule has 0 radical (unpaired) electrons. The maximum atomic E-state index is 12.2. The number of ketones is 1. The monoisotopic (exact) mass is 260 g/mol. The predicted octanol–water partition coefficient (Wildman–Crippen LogP) is 1.98. The highest BCUT2D eigenvalue weighted by Crippen LogP contribution is 2.38. The lowest BCUT2D eigenvalue weighted by molar-refractivity contribution is -0.117. The highest BCUT2D eigenvalue weighted by atomic mass is 16.2. The molecular weight excluding hydrogens is 240 g/mol. The van der Waals surface area contributed by atoms with Crippen LogP contribution in [0, 0.1) is 5.92 Å². The van der Waals surface area contributed by atoms with Gasteiger partial charge in [0.2, 0.25) is 5.91 Å². The molecule has 1 amide bonds. The van der Waals surface area contributed by atoms with E-state index in [-0.39, 0.29) is 23.1 Å². The molecule has 0 spiro atoms. The van der Waals surface area contributed by atoms with Gasteiger partial charge in [0.05, 0.1) is 0 Å². The fourth-order valence-corrected chi connectivity index (χ4v) is 2.77. The van der Waals surface area contributed by atoms with Crippen LogP contribution in [-0.2, 0) is 4.79 Å². The molecule has 2 N–H and O–H groups in total. The van der Waals surface area contributed by atoms with Gasteiger partial charge in [0.1, 0.15) is 0 Å². The highest BCUT2D eigenvalue weighted by molar-refractivity contribution is 6.00. The molecule has 1 fully saturated rings. The number of amides is 1. The number of nitrogens with two attached hydrogens (primary N) is 1.